The Morgan fingerprint density at radius 3 is 2.50 bits per heavy atom. The van der Waals surface area contributed by atoms with Crippen molar-refractivity contribution in [3.8, 4) is 5.75 Å². The predicted octanol–water partition coefficient (Wildman–Crippen LogP) is 4.03. The summed E-state index contributed by atoms with van der Waals surface area (Å²) < 4.78 is 5.18. The molecule has 1 aliphatic carbocycles. The predicted molar refractivity (Wildman–Crippen MR) is 95.9 cm³/mol. The van der Waals surface area contributed by atoms with E-state index in [1.54, 1.807) is 13.3 Å². The number of ketones is 1. The fraction of sp³-hybridized carbons (Fsp3) is 0.250. The van der Waals surface area contributed by atoms with E-state index in [2.05, 4.69) is 23.0 Å². The largest absolute Gasteiger partial charge is 0.497 e. The zero-order chi connectivity index (χ0) is 16.8. The maximum absolute atomic E-state index is 12.4. The Hall–Kier alpha value is -2.75. The van der Waals surface area contributed by atoms with E-state index < -0.39 is 0 Å². The van der Waals surface area contributed by atoms with Crippen LogP contribution >= 0.6 is 0 Å². The lowest BCUT2D eigenvalue weighted by Gasteiger charge is -2.23. The third-order valence-corrected chi connectivity index (χ3v) is 4.38. The first-order valence-corrected chi connectivity index (χ1v) is 8.19. The lowest BCUT2D eigenvalue weighted by atomic mass is 9.81. The second-order valence-electron chi connectivity index (χ2n) is 5.94. The fourth-order valence-electron chi connectivity index (χ4n) is 2.97. The molecule has 0 aromatic heterocycles. The minimum atomic E-state index is 0.212. The van der Waals surface area contributed by atoms with Crippen LogP contribution in [0.4, 0.5) is 5.69 Å². The van der Waals surface area contributed by atoms with E-state index >= 15 is 0 Å². The molecular weight excluding hydrogens is 300 g/mol. The number of allylic oxidation sites excluding steroid dienone is 1. The molecule has 0 unspecified atom stereocenters. The number of carbonyl (C=O) groups excluding carboxylic acids is 1. The average molecular weight is 322 g/mol. The van der Waals surface area contributed by atoms with Gasteiger partial charge in [-0.05, 0) is 48.6 Å². The second-order valence-corrected chi connectivity index (χ2v) is 5.94. The van der Waals surface area contributed by atoms with Crippen molar-refractivity contribution in [1.82, 2.24) is 5.43 Å². The van der Waals surface area contributed by atoms with Crippen molar-refractivity contribution in [1.29, 1.82) is 0 Å². The fourth-order valence-corrected chi connectivity index (χ4v) is 2.97. The van der Waals surface area contributed by atoms with Gasteiger partial charge in [0.2, 0.25) is 0 Å². The lowest BCUT2D eigenvalue weighted by Crippen LogP contribution is -2.21. The number of ether oxygens (including phenoxy) is 1. The van der Waals surface area contributed by atoms with Crippen LogP contribution in [0.5, 0.6) is 5.75 Å². The van der Waals surface area contributed by atoms with Crippen molar-refractivity contribution in [2.75, 3.05) is 12.5 Å². The first-order chi connectivity index (χ1) is 11.8. The third kappa shape index (κ3) is 3.96. The van der Waals surface area contributed by atoms with Crippen molar-refractivity contribution in [2.45, 2.75) is 25.2 Å². The van der Waals surface area contributed by atoms with Crippen molar-refractivity contribution >= 4 is 11.5 Å². The molecule has 0 radical (unpaired) electrons. The van der Waals surface area contributed by atoms with Gasteiger partial charge in [0.25, 0.3) is 0 Å². The monoisotopic (exact) mass is 322 g/mol. The Kier molecular flexibility index (Phi) is 5.16. The van der Waals surface area contributed by atoms with Crippen molar-refractivity contribution in [3.63, 3.8) is 0 Å². The van der Waals surface area contributed by atoms with Crippen LogP contribution in [0.3, 0.4) is 0 Å². The van der Waals surface area contributed by atoms with Gasteiger partial charge >= 0.3 is 0 Å². The molecule has 0 spiro atoms. The van der Waals surface area contributed by atoms with Gasteiger partial charge in [0.1, 0.15) is 5.75 Å². The molecule has 0 heterocycles. The molecule has 2 N–H and O–H groups in total. The SMILES string of the molecule is COc1ccc([C@H]2CC/C(=C\NNc3ccccc3)C(=O)C2)cc1. The molecule has 0 saturated heterocycles. The summed E-state index contributed by atoms with van der Waals surface area (Å²) in [5, 5.41) is 0. The quantitative estimate of drug-likeness (QED) is 0.644. The summed E-state index contributed by atoms with van der Waals surface area (Å²) in [5.74, 6) is 1.35. The minimum absolute atomic E-state index is 0.212. The van der Waals surface area contributed by atoms with Gasteiger partial charge in [-0.1, -0.05) is 30.3 Å². The van der Waals surface area contributed by atoms with E-state index in [1.165, 1.54) is 5.56 Å². The number of carbonyl (C=O) groups is 1. The Bertz CT molecular complexity index is 708. The number of Topliss-reactive ketones (excluding diaryl/α,β-unsaturated/α-hetero) is 1. The summed E-state index contributed by atoms with van der Waals surface area (Å²) in [6.45, 7) is 0. The highest BCUT2D eigenvalue weighted by molar-refractivity contribution is 5.96. The molecule has 2 aromatic rings. The zero-order valence-electron chi connectivity index (χ0n) is 13.8. The van der Waals surface area contributed by atoms with Crippen LogP contribution in [0.15, 0.2) is 66.4 Å². The molecule has 1 saturated carbocycles. The molecule has 2 aromatic carbocycles. The highest BCUT2D eigenvalue weighted by Crippen LogP contribution is 2.33. The minimum Gasteiger partial charge on any atom is -0.497 e. The number of nitrogens with one attached hydrogen (secondary N) is 2. The van der Waals surface area contributed by atoms with Crippen molar-refractivity contribution < 1.29 is 9.53 Å². The lowest BCUT2D eigenvalue weighted by molar-refractivity contribution is -0.116. The summed E-state index contributed by atoms with van der Waals surface area (Å²) in [6, 6.07) is 17.8. The number of anilines is 1. The van der Waals surface area contributed by atoms with Gasteiger partial charge in [-0.2, -0.15) is 0 Å². The highest BCUT2D eigenvalue weighted by atomic mass is 16.5. The van der Waals surface area contributed by atoms with E-state index in [0.717, 1.165) is 29.9 Å². The van der Waals surface area contributed by atoms with E-state index in [-0.39, 0.29) is 5.78 Å². The topological polar surface area (TPSA) is 50.4 Å². The van der Waals surface area contributed by atoms with Gasteiger partial charge in [0.15, 0.2) is 5.78 Å². The first kappa shape index (κ1) is 16.1. The number of para-hydroxylation sites is 1. The Morgan fingerprint density at radius 1 is 1.08 bits per heavy atom. The second kappa shape index (κ2) is 7.68. The van der Waals surface area contributed by atoms with Gasteiger partial charge < -0.3 is 15.6 Å². The van der Waals surface area contributed by atoms with Crippen LogP contribution in [-0.2, 0) is 4.79 Å². The number of benzene rings is 2. The molecule has 4 nitrogen and oxygen atoms in total. The maximum atomic E-state index is 12.4. The first-order valence-electron chi connectivity index (χ1n) is 8.19. The number of hydrogen-bond acceptors (Lipinski definition) is 4. The summed E-state index contributed by atoms with van der Waals surface area (Å²) >= 11 is 0. The smallest absolute Gasteiger partial charge is 0.160 e. The molecule has 124 valence electrons. The normalized spacial score (nSPS) is 19.1. The van der Waals surface area contributed by atoms with Crippen LogP contribution in [0.2, 0.25) is 0 Å². The molecule has 0 bridgehead atoms. The van der Waals surface area contributed by atoms with Crippen molar-refractivity contribution in [3.05, 3.63) is 71.9 Å². The van der Waals surface area contributed by atoms with Crippen LogP contribution in [0.25, 0.3) is 0 Å². The van der Waals surface area contributed by atoms with Gasteiger partial charge in [-0.15, -0.1) is 0 Å². The van der Waals surface area contributed by atoms with Gasteiger partial charge in [-0.25, -0.2) is 0 Å². The van der Waals surface area contributed by atoms with E-state index in [0.29, 0.717) is 12.3 Å². The Balaban J connectivity index is 1.56. The average Bonchev–Trinajstić information content (AvgIpc) is 2.64. The maximum Gasteiger partial charge on any atom is 0.160 e. The van der Waals surface area contributed by atoms with Crippen LogP contribution in [0.1, 0.15) is 30.7 Å². The molecule has 1 aliphatic rings. The Morgan fingerprint density at radius 2 is 1.83 bits per heavy atom. The van der Waals surface area contributed by atoms with E-state index in [9.17, 15) is 4.79 Å². The number of hydrazine groups is 1. The summed E-state index contributed by atoms with van der Waals surface area (Å²) in [6.07, 6.45) is 4.13. The zero-order valence-corrected chi connectivity index (χ0v) is 13.8. The molecule has 24 heavy (non-hydrogen) atoms. The van der Waals surface area contributed by atoms with Gasteiger partial charge in [0, 0.05) is 18.2 Å². The number of methoxy groups -OCH3 is 1. The third-order valence-electron chi connectivity index (χ3n) is 4.38. The Labute approximate surface area is 142 Å². The standard InChI is InChI=1S/C20H22N2O2/c1-24-19-11-9-15(10-12-19)16-7-8-17(20(23)13-16)14-21-22-18-5-3-2-4-6-18/h2-6,9-12,14,16,21-22H,7-8,13H2,1H3/b17-14+/t16-/m0/s1. The highest BCUT2D eigenvalue weighted by Gasteiger charge is 2.24. The molecule has 1 fully saturated rings. The van der Waals surface area contributed by atoms with E-state index in [4.69, 9.17) is 4.74 Å². The molecule has 0 amide bonds. The summed E-state index contributed by atoms with van der Waals surface area (Å²) in [4.78, 5) is 12.4. The van der Waals surface area contributed by atoms with Crippen LogP contribution < -0.4 is 15.6 Å². The van der Waals surface area contributed by atoms with Gasteiger partial charge in [0.05, 0.1) is 12.8 Å². The molecule has 0 aliphatic heterocycles. The molecular formula is C20H22N2O2. The number of rotatable bonds is 5. The molecule has 4 heteroatoms. The van der Waals surface area contributed by atoms with Crippen LogP contribution in [-0.4, -0.2) is 12.9 Å². The van der Waals surface area contributed by atoms with E-state index in [1.807, 2.05) is 42.5 Å². The number of hydrogen-bond donors (Lipinski definition) is 2. The van der Waals surface area contributed by atoms with Gasteiger partial charge in [-0.3, -0.25) is 4.79 Å². The molecule has 3 rings (SSSR count). The van der Waals surface area contributed by atoms with Crippen molar-refractivity contribution in [2.24, 2.45) is 0 Å². The summed E-state index contributed by atoms with van der Waals surface area (Å²) in [5.41, 5.74) is 9.12. The molecule has 1 atom stereocenters. The van der Waals surface area contributed by atoms with Crippen LogP contribution in [0, 0.1) is 0 Å². The summed E-state index contributed by atoms with van der Waals surface area (Å²) in [7, 11) is 1.66.